The van der Waals surface area contributed by atoms with E-state index in [0.29, 0.717) is 6.04 Å². The summed E-state index contributed by atoms with van der Waals surface area (Å²) in [6, 6.07) is 6.70. The van der Waals surface area contributed by atoms with Gasteiger partial charge in [-0.25, -0.2) is 0 Å². The van der Waals surface area contributed by atoms with Gasteiger partial charge in [0.05, 0.1) is 5.69 Å². The van der Waals surface area contributed by atoms with E-state index in [9.17, 15) is 0 Å². The smallest absolute Gasteiger partial charge is 0.0573 e. The van der Waals surface area contributed by atoms with Crippen LogP contribution in [0.3, 0.4) is 0 Å². The molecule has 2 nitrogen and oxygen atoms in total. The minimum atomic E-state index is 0.451. The van der Waals surface area contributed by atoms with Gasteiger partial charge in [0, 0.05) is 12.2 Å². The fourth-order valence-corrected chi connectivity index (χ4v) is 2.96. The second-order valence-corrected chi connectivity index (χ2v) is 5.49. The first kappa shape index (κ1) is 13.5. The van der Waals surface area contributed by atoms with Crippen LogP contribution < -0.4 is 5.32 Å². The molecular weight excluding hydrogens is 220 g/mol. The van der Waals surface area contributed by atoms with Gasteiger partial charge in [-0.2, -0.15) is 0 Å². The van der Waals surface area contributed by atoms with Crippen molar-refractivity contribution in [1.29, 1.82) is 0 Å². The van der Waals surface area contributed by atoms with Crippen LogP contribution in [0, 0.1) is 5.92 Å². The maximum atomic E-state index is 4.51. The highest BCUT2D eigenvalue weighted by Crippen LogP contribution is 2.31. The summed E-state index contributed by atoms with van der Waals surface area (Å²) in [5, 5.41) is 3.65. The summed E-state index contributed by atoms with van der Waals surface area (Å²) in [5.74, 6) is 0.972. The third kappa shape index (κ3) is 4.09. The molecule has 0 bridgehead atoms. The Bertz CT molecular complexity index is 317. The van der Waals surface area contributed by atoms with Gasteiger partial charge >= 0.3 is 0 Å². The van der Waals surface area contributed by atoms with E-state index in [0.717, 1.165) is 12.5 Å². The Balaban J connectivity index is 1.87. The van der Waals surface area contributed by atoms with Crippen LogP contribution in [0.5, 0.6) is 0 Å². The van der Waals surface area contributed by atoms with Gasteiger partial charge in [0.15, 0.2) is 0 Å². The van der Waals surface area contributed by atoms with Gasteiger partial charge in [0.2, 0.25) is 0 Å². The summed E-state index contributed by atoms with van der Waals surface area (Å²) in [6.45, 7) is 3.31. The number of pyridine rings is 1. The minimum Gasteiger partial charge on any atom is -0.309 e. The second-order valence-electron chi connectivity index (χ2n) is 5.49. The summed E-state index contributed by atoms with van der Waals surface area (Å²) >= 11 is 0. The zero-order chi connectivity index (χ0) is 12.6. The highest BCUT2D eigenvalue weighted by atomic mass is 14.9. The van der Waals surface area contributed by atoms with Crippen LogP contribution in [-0.2, 0) is 0 Å². The maximum absolute atomic E-state index is 4.51. The highest BCUT2D eigenvalue weighted by Gasteiger charge is 2.18. The molecule has 1 aliphatic carbocycles. The fraction of sp³-hybridized carbons (Fsp3) is 0.688. The van der Waals surface area contributed by atoms with E-state index in [4.69, 9.17) is 0 Å². The van der Waals surface area contributed by atoms with Crippen LogP contribution in [0.1, 0.15) is 63.6 Å². The minimum absolute atomic E-state index is 0.451. The molecule has 1 aromatic heterocycles. The third-order valence-electron chi connectivity index (χ3n) is 4.02. The molecule has 1 heterocycles. The molecule has 2 heteroatoms. The Kier molecular flexibility index (Phi) is 5.66. The van der Waals surface area contributed by atoms with E-state index in [2.05, 4.69) is 29.4 Å². The summed E-state index contributed by atoms with van der Waals surface area (Å²) in [7, 11) is 0. The quantitative estimate of drug-likeness (QED) is 0.783. The zero-order valence-electron chi connectivity index (χ0n) is 11.6. The van der Waals surface area contributed by atoms with Crippen molar-refractivity contribution < 1.29 is 0 Å². The first-order chi connectivity index (χ1) is 8.90. The molecule has 1 aromatic rings. The van der Waals surface area contributed by atoms with E-state index in [1.807, 2.05) is 12.3 Å². The Morgan fingerprint density at radius 3 is 2.83 bits per heavy atom. The zero-order valence-corrected chi connectivity index (χ0v) is 11.6. The molecule has 1 saturated carbocycles. The second kappa shape index (κ2) is 7.52. The number of aromatic nitrogens is 1. The van der Waals surface area contributed by atoms with Crippen LogP contribution in [-0.4, -0.2) is 11.5 Å². The van der Waals surface area contributed by atoms with Crippen LogP contribution in [0.2, 0.25) is 0 Å². The van der Waals surface area contributed by atoms with Gasteiger partial charge in [0.25, 0.3) is 0 Å². The molecule has 0 saturated heterocycles. The molecule has 0 spiro atoms. The van der Waals surface area contributed by atoms with Gasteiger partial charge in [-0.15, -0.1) is 0 Å². The number of hydrogen-bond donors (Lipinski definition) is 1. The maximum Gasteiger partial charge on any atom is 0.0573 e. The predicted molar refractivity (Wildman–Crippen MR) is 76.5 cm³/mol. The standard InChI is InChI=1S/C16H26N2/c1-2-12-17-16(15-9-5-6-13-18-15)11-10-14-7-3-4-8-14/h5-6,9,13-14,16-17H,2-4,7-8,10-12H2,1H3. The SMILES string of the molecule is CCCNC(CCC1CCCC1)c1ccccn1. The first-order valence-electron chi connectivity index (χ1n) is 7.54. The lowest BCUT2D eigenvalue weighted by atomic mass is 9.97. The van der Waals surface area contributed by atoms with Gasteiger partial charge in [0.1, 0.15) is 0 Å². The molecule has 1 N–H and O–H groups in total. The Morgan fingerprint density at radius 2 is 2.17 bits per heavy atom. The molecule has 0 aromatic carbocycles. The van der Waals surface area contributed by atoms with E-state index >= 15 is 0 Å². The first-order valence-corrected chi connectivity index (χ1v) is 7.54. The number of hydrogen-bond acceptors (Lipinski definition) is 2. The summed E-state index contributed by atoms with van der Waals surface area (Å²) < 4.78 is 0. The molecule has 1 atom stereocenters. The van der Waals surface area contributed by atoms with Gasteiger partial charge < -0.3 is 5.32 Å². The molecule has 0 aliphatic heterocycles. The lowest BCUT2D eigenvalue weighted by molar-refractivity contribution is 0.407. The predicted octanol–water partition coefficient (Wildman–Crippen LogP) is 4.09. The van der Waals surface area contributed by atoms with Gasteiger partial charge in [-0.1, -0.05) is 38.7 Å². The molecule has 18 heavy (non-hydrogen) atoms. The highest BCUT2D eigenvalue weighted by molar-refractivity contribution is 5.08. The summed E-state index contributed by atoms with van der Waals surface area (Å²) in [6.07, 6.45) is 11.5. The van der Waals surface area contributed by atoms with Crippen LogP contribution >= 0.6 is 0 Å². The van der Waals surface area contributed by atoms with Crippen molar-refractivity contribution in [2.45, 2.75) is 57.9 Å². The van der Waals surface area contributed by atoms with Crippen molar-refractivity contribution >= 4 is 0 Å². The van der Waals surface area contributed by atoms with Crippen molar-refractivity contribution in [3.8, 4) is 0 Å². The van der Waals surface area contributed by atoms with Crippen molar-refractivity contribution in [3.63, 3.8) is 0 Å². The molecule has 100 valence electrons. The third-order valence-corrected chi connectivity index (χ3v) is 4.02. The van der Waals surface area contributed by atoms with Gasteiger partial charge in [-0.05, 0) is 43.9 Å². The molecule has 0 radical (unpaired) electrons. The molecule has 0 amide bonds. The van der Waals surface area contributed by atoms with E-state index in [1.165, 1.54) is 50.6 Å². The van der Waals surface area contributed by atoms with E-state index in [-0.39, 0.29) is 0 Å². The van der Waals surface area contributed by atoms with E-state index in [1.54, 1.807) is 0 Å². The average molecular weight is 246 g/mol. The molecule has 1 unspecified atom stereocenters. The number of nitrogens with zero attached hydrogens (tertiary/aromatic N) is 1. The van der Waals surface area contributed by atoms with Crippen molar-refractivity contribution in [2.75, 3.05) is 6.54 Å². The number of nitrogens with one attached hydrogen (secondary N) is 1. The van der Waals surface area contributed by atoms with Crippen LogP contribution in [0.4, 0.5) is 0 Å². The Morgan fingerprint density at radius 1 is 1.33 bits per heavy atom. The molecule has 2 rings (SSSR count). The van der Waals surface area contributed by atoms with E-state index < -0.39 is 0 Å². The average Bonchev–Trinajstić information content (AvgIpc) is 2.93. The fourth-order valence-electron chi connectivity index (χ4n) is 2.96. The summed E-state index contributed by atoms with van der Waals surface area (Å²) in [5.41, 5.74) is 1.21. The molecule has 1 fully saturated rings. The van der Waals surface area contributed by atoms with Crippen molar-refractivity contribution in [3.05, 3.63) is 30.1 Å². The van der Waals surface area contributed by atoms with Crippen LogP contribution in [0.15, 0.2) is 24.4 Å². The lowest BCUT2D eigenvalue weighted by Crippen LogP contribution is -2.23. The Labute approximate surface area is 111 Å². The van der Waals surface area contributed by atoms with Gasteiger partial charge in [-0.3, -0.25) is 4.98 Å². The van der Waals surface area contributed by atoms with Crippen LogP contribution in [0.25, 0.3) is 0 Å². The Hall–Kier alpha value is -0.890. The summed E-state index contributed by atoms with van der Waals surface area (Å²) in [4.78, 5) is 4.51. The topological polar surface area (TPSA) is 24.9 Å². The van der Waals surface area contributed by atoms with Crippen molar-refractivity contribution in [1.82, 2.24) is 10.3 Å². The molecule has 1 aliphatic rings. The molecular formula is C16H26N2. The normalized spacial score (nSPS) is 18.1. The number of rotatable bonds is 7. The monoisotopic (exact) mass is 246 g/mol. The van der Waals surface area contributed by atoms with Crippen molar-refractivity contribution in [2.24, 2.45) is 5.92 Å². The largest absolute Gasteiger partial charge is 0.309 e. The lowest BCUT2D eigenvalue weighted by Gasteiger charge is -2.19.